The number of thiophene rings is 1. The molecule has 4 nitrogen and oxygen atoms in total. The molecule has 0 radical (unpaired) electrons. The van der Waals surface area contributed by atoms with Crippen LogP contribution in [0.4, 0.5) is 0 Å². The van der Waals surface area contributed by atoms with E-state index in [1.807, 2.05) is 41.1 Å². The van der Waals surface area contributed by atoms with E-state index < -0.39 is 5.97 Å². The van der Waals surface area contributed by atoms with E-state index in [0.29, 0.717) is 18.0 Å². The maximum Gasteiger partial charge on any atom is 0.328 e. The van der Waals surface area contributed by atoms with Crippen molar-refractivity contribution in [2.75, 3.05) is 0 Å². The van der Waals surface area contributed by atoms with Gasteiger partial charge < -0.3 is 9.67 Å². The Bertz CT molecular complexity index is 961. The molecule has 3 rings (SSSR count). The highest BCUT2D eigenvalue weighted by molar-refractivity contribution is 7.07. The molecule has 3 aromatic rings. The largest absolute Gasteiger partial charge is 0.478 e. The monoisotopic (exact) mass is 414 g/mol. The van der Waals surface area contributed by atoms with E-state index in [-0.39, 0.29) is 0 Å². The smallest absolute Gasteiger partial charge is 0.328 e. The van der Waals surface area contributed by atoms with Gasteiger partial charge in [-0.1, -0.05) is 43.1 Å². The summed E-state index contributed by atoms with van der Waals surface area (Å²) >= 11 is 7.99. The SMILES string of the molecule is CCCCc1ncc(C(=CC(=O)O)Cc2ccsc2)n1Cc1ccccc1Cl. The van der Waals surface area contributed by atoms with Crippen LogP contribution in [0, 0.1) is 0 Å². The van der Waals surface area contributed by atoms with Crippen molar-refractivity contribution in [3.63, 3.8) is 0 Å². The van der Waals surface area contributed by atoms with Crippen LogP contribution in [-0.4, -0.2) is 20.6 Å². The van der Waals surface area contributed by atoms with Gasteiger partial charge in [0.05, 0.1) is 18.4 Å². The minimum absolute atomic E-state index is 0.553. The lowest BCUT2D eigenvalue weighted by atomic mass is 10.0. The van der Waals surface area contributed by atoms with Gasteiger partial charge in [-0.2, -0.15) is 11.3 Å². The summed E-state index contributed by atoms with van der Waals surface area (Å²) in [6.07, 6.45) is 6.59. The van der Waals surface area contributed by atoms with Crippen LogP contribution < -0.4 is 0 Å². The van der Waals surface area contributed by atoms with Crippen LogP contribution in [0.25, 0.3) is 5.57 Å². The zero-order valence-electron chi connectivity index (χ0n) is 15.8. The molecule has 1 N–H and O–H groups in total. The molecule has 0 bridgehead atoms. The predicted octanol–water partition coefficient (Wildman–Crippen LogP) is 5.70. The molecule has 2 aromatic heterocycles. The molecule has 0 aliphatic carbocycles. The minimum Gasteiger partial charge on any atom is -0.478 e. The molecule has 0 saturated carbocycles. The summed E-state index contributed by atoms with van der Waals surface area (Å²) in [6, 6.07) is 9.76. The van der Waals surface area contributed by atoms with Crippen molar-refractivity contribution in [3.8, 4) is 0 Å². The molecular weight excluding hydrogens is 392 g/mol. The average molecular weight is 415 g/mol. The van der Waals surface area contributed by atoms with Crippen LogP contribution in [0.3, 0.4) is 0 Å². The summed E-state index contributed by atoms with van der Waals surface area (Å²) in [4.78, 5) is 16.1. The van der Waals surface area contributed by atoms with Crippen molar-refractivity contribution in [2.24, 2.45) is 0 Å². The van der Waals surface area contributed by atoms with Gasteiger partial charge in [0.2, 0.25) is 0 Å². The quantitative estimate of drug-likeness (QED) is 0.457. The second-order valence-corrected chi connectivity index (χ2v) is 7.84. The number of aryl methyl sites for hydroxylation is 1. The molecule has 146 valence electrons. The number of aliphatic carboxylic acids is 1. The Morgan fingerprint density at radius 1 is 1.32 bits per heavy atom. The number of imidazole rings is 1. The first kappa shape index (κ1) is 20.4. The van der Waals surface area contributed by atoms with Crippen molar-refractivity contribution in [2.45, 2.75) is 39.2 Å². The number of nitrogens with zero attached hydrogens (tertiary/aromatic N) is 2. The molecule has 0 aliphatic heterocycles. The van der Waals surface area contributed by atoms with Crippen molar-refractivity contribution < 1.29 is 9.90 Å². The molecule has 0 spiro atoms. The highest BCUT2D eigenvalue weighted by Gasteiger charge is 2.16. The van der Waals surface area contributed by atoms with Crippen LogP contribution in [-0.2, 0) is 24.2 Å². The topological polar surface area (TPSA) is 55.1 Å². The fourth-order valence-electron chi connectivity index (χ4n) is 3.16. The third-order valence-electron chi connectivity index (χ3n) is 4.58. The van der Waals surface area contributed by atoms with Crippen LogP contribution in [0.15, 0.2) is 53.4 Å². The number of halogens is 1. The maximum absolute atomic E-state index is 11.5. The highest BCUT2D eigenvalue weighted by Crippen LogP contribution is 2.26. The average Bonchev–Trinajstić information content (AvgIpc) is 3.31. The number of unbranched alkanes of at least 4 members (excludes halogenated alkanes) is 1. The van der Waals surface area contributed by atoms with E-state index in [1.165, 1.54) is 6.08 Å². The summed E-state index contributed by atoms with van der Waals surface area (Å²) in [5.41, 5.74) is 3.66. The van der Waals surface area contributed by atoms with E-state index in [1.54, 1.807) is 17.5 Å². The lowest BCUT2D eigenvalue weighted by Gasteiger charge is -2.15. The number of carboxylic acid groups (broad SMARTS) is 1. The third kappa shape index (κ3) is 5.12. The van der Waals surface area contributed by atoms with Crippen LogP contribution in [0.5, 0.6) is 0 Å². The summed E-state index contributed by atoms with van der Waals surface area (Å²) < 4.78 is 2.11. The second-order valence-electron chi connectivity index (χ2n) is 6.66. The Morgan fingerprint density at radius 2 is 2.14 bits per heavy atom. The van der Waals surface area contributed by atoms with Crippen molar-refractivity contribution in [1.82, 2.24) is 9.55 Å². The molecule has 6 heteroatoms. The molecule has 2 heterocycles. The fourth-order valence-corrected chi connectivity index (χ4v) is 4.02. The lowest BCUT2D eigenvalue weighted by molar-refractivity contribution is -0.131. The second kappa shape index (κ2) is 9.71. The summed E-state index contributed by atoms with van der Waals surface area (Å²) in [7, 11) is 0. The number of aromatic nitrogens is 2. The molecule has 1 aromatic carbocycles. The standard InChI is InChI=1S/C22H23ClN2O2S/c1-2-3-8-21-24-13-20(25(21)14-17-6-4-5-7-19(17)23)18(12-22(26)27)11-16-9-10-28-15-16/h4-7,9-10,12-13,15H,2-3,8,11,14H2,1H3,(H,26,27). The fraction of sp³-hybridized carbons (Fsp3) is 0.273. The number of benzene rings is 1. The van der Waals surface area contributed by atoms with E-state index in [4.69, 9.17) is 11.6 Å². The molecule has 0 aliphatic rings. The molecule has 0 unspecified atom stereocenters. The summed E-state index contributed by atoms with van der Waals surface area (Å²) in [6.45, 7) is 2.71. The first-order valence-electron chi connectivity index (χ1n) is 9.31. The highest BCUT2D eigenvalue weighted by atomic mass is 35.5. The molecule has 0 fully saturated rings. The van der Waals surface area contributed by atoms with E-state index in [0.717, 1.165) is 47.5 Å². The van der Waals surface area contributed by atoms with E-state index >= 15 is 0 Å². The van der Waals surface area contributed by atoms with Gasteiger partial charge in [0.25, 0.3) is 0 Å². The number of hydrogen-bond donors (Lipinski definition) is 1. The molecule has 28 heavy (non-hydrogen) atoms. The zero-order valence-corrected chi connectivity index (χ0v) is 17.3. The number of carboxylic acids is 1. The van der Waals surface area contributed by atoms with Crippen molar-refractivity contribution >= 4 is 34.5 Å². The van der Waals surface area contributed by atoms with Gasteiger partial charge in [0.15, 0.2) is 0 Å². The van der Waals surface area contributed by atoms with Crippen LogP contribution >= 0.6 is 22.9 Å². The molecular formula is C22H23ClN2O2S. The summed E-state index contributed by atoms with van der Waals surface area (Å²) in [5, 5.41) is 14.2. The normalized spacial score (nSPS) is 11.7. The first-order valence-corrected chi connectivity index (χ1v) is 10.6. The van der Waals surface area contributed by atoms with Gasteiger partial charge >= 0.3 is 5.97 Å². The van der Waals surface area contributed by atoms with Gasteiger partial charge in [-0.3, -0.25) is 0 Å². The minimum atomic E-state index is -0.953. The molecule has 0 atom stereocenters. The third-order valence-corrected chi connectivity index (χ3v) is 5.68. The van der Waals surface area contributed by atoms with E-state index in [9.17, 15) is 9.90 Å². The van der Waals surface area contributed by atoms with Gasteiger partial charge in [-0.15, -0.1) is 0 Å². The van der Waals surface area contributed by atoms with Crippen LogP contribution in [0.2, 0.25) is 5.02 Å². The van der Waals surface area contributed by atoms with Crippen molar-refractivity contribution in [3.05, 3.63) is 81.0 Å². The Labute approximate surface area is 174 Å². The Hall–Kier alpha value is -2.37. The van der Waals surface area contributed by atoms with Gasteiger partial charge in [0, 0.05) is 23.9 Å². The molecule has 0 saturated heterocycles. The summed E-state index contributed by atoms with van der Waals surface area (Å²) in [5.74, 6) is 0.00390. The Balaban J connectivity index is 2.03. The first-order chi connectivity index (χ1) is 13.6. The van der Waals surface area contributed by atoms with Gasteiger partial charge in [-0.05, 0) is 46.0 Å². The van der Waals surface area contributed by atoms with E-state index in [2.05, 4.69) is 16.5 Å². The predicted molar refractivity (Wildman–Crippen MR) is 115 cm³/mol. The van der Waals surface area contributed by atoms with Gasteiger partial charge in [-0.25, -0.2) is 9.78 Å². The Kier molecular flexibility index (Phi) is 7.06. The zero-order chi connectivity index (χ0) is 19.9. The number of hydrogen-bond acceptors (Lipinski definition) is 3. The number of carbonyl (C=O) groups is 1. The van der Waals surface area contributed by atoms with Crippen molar-refractivity contribution in [1.29, 1.82) is 0 Å². The van der Waals surface area contributed by atoms with Crippen LogP contribution in [0.1, 0.15) is 42.4 Å². The Morgan fingerprint density at radius 3 is 2.82 bits per heavy atom. The van der Waals surface area contributed by atoms with Gasteiger partial charge in [0.1, 0.15) is 5.82 Å². The number of rotatable bonds is 9. The lowest BCUT2D eigenvalue weighted by Crippen LogP contribution is -2.10. The number of allylic oxidation sites excluding steroid dienone is 1. The molecule has 0 amide bonds. The maximum atomic E-state index is 11.5.